The van der Waals surface area contributed by atoms with E-state index >= 15 is 0 Å². The molecular weight excluding hydrogens is 158 g/mol. The molecule has 1 aliphatic carbocycles. The molecule has 0 unspecified atom stereocenters. The summed E-state index contributed by atoms with van der Waals surface area (Å²) in [7, 11) is 2.10. The van der Waals surface area contributed by atoms with Crippen LogP contribution < -0.4 is 0 Å². The fourth-order valence-electron chi connectivity index (χ4n) is 2.22. The number of aromatic nitrogens is 1. The normalized spacial score (nSPS) is 16.0. The first-order valence-electron chi connectivity index (χ1n) is 4.96. The first kappa shape index (κ1) is 8.44. The Morgan fingerprint density at radius 1 is 1.31 bits per heavy atom. The quantitative estimate of drug-likeness (QED) is 0.419. The number of hydrogen-bond acceptors (Lipinski definition) is 0. The van der Waals surface area contributed by atoms with E-state index in [0.717, 1.165) is 5.56 Å². The lowest BCUT2D eigenvalue weighted by molar-refractivity contribution is 0.694. The molecule has 0 spiro atoms. The fraction of sp³-hybridized carbons (Fsp3) is 0.500. The van der Waals surface area contributed by atoms with Crippen LogP contribution in [-0.4, -0.2) is 4.57 Å². The van der Waals surface area contributed by atoms with Gasteiger partial charge in [0.15, 0.2) is 0 Å². The van der Waals surface area contributed by atoms with E-state index in [2.05, 4.69) is 23.7 Å². The Kier molecular flexibility index (Phi) is 2.14. The number of hydrogen-bond donors (Lipinski definition) is 0. The van der Waals surface area contributed by atoms with Gasteiger partial charge >= 0.3 is 0 Å². The second-order valence-electron chi connectivity index (χ2n) is 3.78. The van der Waals surface area contributed by atoms with Gasteiger partial charge in [-0.3, -0.25) is 0 Å². The van der Waals surface area contributed by atoms with E-state index in [1.54, 1.807) is 0 Å². The van der Waals surface area contributed by atoms with Crippen molar-refractivity contribution in [1.82, 2.24) is 4.57 Å². The molecule has 0 aliphatic heterocycles. The summed E-state index contributed by atoms with van der Waals surface area (Å²) in [6, 6.07) is 0. The summed E-state index contributed by atoms with van der Waals surface area (Å²) < 4.78 is 2.20. The molecule has 1 heterocycles. The Morgan fingerprint density at radius 2 is 2.08 bits per heavy atom. The summed E-state index contributed by atoms with van der Waals surface area (Å²) in [5, 5.41) is 0. The van der Waals surface area contributed by atoms with Crippen LogP contribution in [0.25, 0.3) is 0 Å². The van der Waals surface area contributed by atoms with E-state index in [9.17, 15) is 0 Å². The van der Waals surface area contributed by atoms with Gasteiger partial charge in [0, 0.05) is 24.5 Å². The van der Waals surface area contributed by atoms with Gasteiger partial charge in [-0.1, -0.05) is 12.3 Å². The van der Waals surface area contributed by atoms with Gasteiger partial charge in [0.25, 0.3) is 0 Å². The molecule has 0 atom stereocenters. The zero-order chi connectivity index (χ0) is 9.26. The van der Waals surface area contributed by atoms with Crippen molar-refractivity contribution in [1.29, 1.82) is 0 Å². The van der Waals surface area contributed by atoms with Gasteiger partial charge in [-0.05, 0) is 31.2 Å². The first-order chi connectivity index (χ1) is 6.33. The minimum atomic E-state index is 1.11. The lowest BCUT2D eigenvalue weighted by Crippen LogP contribution is -1.96. The fourth-order valence-corrected chi connectivity index (χ4v) is 2.22. The Hall–Kier alpha value is -1.16. The SMILES string of the molecule is C#Cc1cn(C)c2c1CCCCC2. The molecule has 1 heteroatoms. The highest BCUT2D eigenvalue weighted by Gasteiger charge is 2.14. The van der Waals surface area contributed by atoms with Crippen LogP contribution in [0.3, 0.4) is 0 Å². The van der Waals surface area contributed by atoms with E-state index < -0.39 is 0 Å². The van der Waals surface area contributed by atoms with Crippen molar-refractivity contribution in [3.63, 3.8) is 0 Å². The van der Waals surface area contributed by atoms with Gasteiger partial charge in [0.2, 0.25) is 0 Å². The number of rotatable bonds is 0. The third-order valence-electron chi connectivity index (χ3n) is 2.92. The molecule has 13 heavy (non-hydrogen) atoms. The average Bonchev–Trinajstić information content (AvgIpc) is 2.38. The smallest absolute Gasteiger partial charge is 0.0454 e. The second-order valence-corrected chi connectivity index (χ2v) is 3.78. The molecule has 0 fully saturated rings. The van der Waals surface area contributed by atoms with Gasteiger partial charge in [-0.15, -0.1) is 6.42 Å². The maximum absolute atomic E-state index is 5.47. The Bertz CT molecular complexity index is 352. The summed E-state index contributed by atoms with van der Waals surface area (Å²) >= 11 is 0. The van der Waals surface area contributed by atoms with E-state index in [4.69, 9.17) is 6.42 Å². The molecule has 0 saturated carbocycles. The van der Waals surface area contributed by atoms with Crippen LogP contribution >= 0.6 is 0 Å². The number of terminal acetylenes is 1. The molecule has 68 valence electrons. The molecule has 0 aromatic carbocycles. The largest absolute Gasteiger partial charge is 0.353 e. The van der Waals surface area contributed by atoms with Gasteiger partial charge in [-0.2, -0.15) is 0 Å². The highest BCUT2D eigenvalue weighted by Crippen LogP contribution is 2.24. The summed E-state index contributed by atoms with van der Waals surface area (Å²) in [6.07, 6.45) is 13.9. The van der Waals surface area contributed by atoms with Crippen LogP contribution in [0.1, 0.15) is 36.1 Å². The van der Waals surface area contributed by atoms with Crippen molar-refractivity contribution < 1.29 is 0 Å². The molecule has 0 N–H and O–H groups in total. The maximum Gasteiger partial charge on any atom is 0.0454 e. The van der Waals surface area contributed by atoms with Gasteiger partial charge in [-0.25, -0.2) is 0 Å². The molecule has 1 nitrogen and oxygen atoms in total. The van der Waals surface area contributed by atoms with Crippen molar-refractivity contribution in [3.05, 3.63) is 23.0 Å². The van der Waals surface area contributed by atoms with Crippen molar-refractivity contribution in [2.24, 2.45) is 7.05 Å². The monoisotopic (exact) mass is 173 g/mol. The van der Waals surface area contributed by atoms with Crippen molar-refractivity contribution >= 4 is 0 Å². The highest BCUT2D eigenvalue weighted by atomic mass is 14.9. The van der Waals surface area contributed by atoms with E-state index in [1.165, 1.54) is 43.4 Å². The number of nitrogens with zero attached hydrogens (tertiary/aromatic N) is 1. The highest BCUT2D eigenvalue weighted by molar-refractivity contribution is 5.43. The molecule has 0 radical (unpaired) electrons. The first-order valence-corrected chi connectivity index (χ1v) is 4.96. The van der Waals surface area contributed by atoms with Gasteiger partial charge in [0.1, 0.15) is 0 Å². The molecule has 2 rings (SSSR count). The van der Waals surface area contributed by atoms with Crippen LogP contribution in [-0.2, 0) is 19.9 Å². The topological polar surface area (TPSA) is 4.93 Å². The summed E-state index contributed by atoms with van der Waals surface area (Å²) in [6.45, 7) is 0. The van der Waals surface area contributed by atoms with Crippen LogP contribution in [0.4, 0.5) is 0 Å². The van der Waals surface area contributed by atoms with Crippen LogP contribution in [0, 0.1) is 12.3 Å². The summed E-state index contributed by atoms with van der Waals surface area (Å²) in [5.74, 6) is 2.78. The zero-order valence-corrected chi connectivity index (χ0v) is 8.14. The number of fused-ring (bicyclic) bond motifs is 1. The van der Waals surface area contributed by atoms with Crippen LogP contribution in [0.5, 0.6) is 0 Å². The molecule has 1 aromatic rings. The Labute approximate surface area is 79.8 Å². The molecule has 1 aromatic heterocycles. The van der Waals surface area contributed by atoms with Crippen LogP contribution in [0.2, 0.25) is 0 Å². The minimum absolute atomic E-state index is 1.11. The standard InChI is InChI=1S/C12H15N/c1-3-10-9-13(2)12-8-6-4-5-7-11(10)12/h1,9H,4-8H2,2H3. The van der Waals surface area contributed by atoms with Crippen molar-refractivity contribution in [2.45, 2.75) is 32.1 Å². The van der Waals surface area contributed by atoms with E-state index in [1.807, 2.05) is 0 Å². The molecular formula is C12H15N. The van der Waals surface area contributed by atoms with E-state index in [0.29, 0.717) is 0 Å². The lowest BCUT2D eigenvalue weighted by Gasteiger charge is -2.01. The molecule has 0 amide bonds. The third-order valence-corrected chi connectivity index (χ3v) is 2.92. The van der Waals surface area contributed by atoms with Crippen molar-refractivity contribution in [3.8, 4) is 12.3 Å². The van der Waals surface area contributed by atoms with E-state index in [-0.39, 0.29) is 0 Å². The Morgan fingerprint density at radius 3 is 2.85 bits per heavy atom. The van der Waals surface area contributed by atoms with Crippen molar-refractivity contribution in [2.75, 3.05) is 0 Å². The molecule has 0 saturated heterocycles. The number of aryl methyl sites for hydroxylation is 1. The molecule has 0 bridgehead atoms. The third kappa shape index (κ3) is 1.37. The van der Waals surface area contributed by atoms with Gasteiger partial charge in [0.05, 0.1) is 0 Å². The summed E-state index contributed by atoms with van der Waals surface area (Å²) in [5.41, 5.74) is 4.01. The lowest BCUT2D eigenvalue weighted by atomic mass is 10.1. The van der Waals surface area contributed by atoms with Gasteiger partial charge < -0.3 is 4.57 Å². The minimum Gasteiger partial charge on any atom is -0.353 e. The van der Waals surface area contributed by atoms with Crippen LogP contribution in [0.15, 0.2) is 6.20 Å². The maximum atomic E-state index is 5.47. The predicted molar refractivity (Wildman–Crippen MR) is 54.6 cm³/mol. The molecule has 1 aliphatic rings. The average molecular weight is 173 g/mol. The second kappa shape index (κ2) is 3.30. The predicted octanol–water partition coefficient (Wildman–Crippen LogP) is 2.28. The Balaban J connectivity index is 2.49. The zero-order valence-electron chi connectivity index (χ0n) is 8.14. The summed E-state index contributed by atoms with van der Waals surface area (Å²) in [4.78, 5) is 0.